The zero-order chi connectivity index (χ0) is 71.6. The molecule has 0 aliphatic heterocycles. The number of para-hydroxylation sites is 3. The van der Waals surface area contributed by atoms with Gasteiger partial charge in [-0.1, -0.05) is 356 Å². The third-order valence-corrected chi connectivity index (χ3v) is 19.6. The molecule has 0 heterocycles. The minimum Gasteiger partial charge on any atom is -0.507 e. The van der Waals surface area contributed by atoms with Gasteiger partial charge in [0.2, 0.25) is 0 Å². The van der Waals surface area contributed by atoms with Crippen LogP contribution in [0.5, 0.6) is 28.7 Å². The van der Waals surface area contributed by atoms with Crippen LogP contribution in [-0.4, -0.2) is 25.5 Å². The van der Waals surface area contributed by atoms with Crippen molar-refractivity contribution in [2.24, 2.45) is 0 Å². The second-order valence-electron chi connectivity index (χ2n) is 28.4. The molecule has 0 amide bonds. The van der Waals surface area contributed by atoms with E-state index in [2.05, 4.69) is 180 Å². The normalized spacial score (nSPS) is 9.93. The van der Waals surface area contributed by atoms with Gasteiger partial charge in [-0.25, -0.2) is 0 Å². The number of benzene rings is 14. The molecule has 14 aromatic rings. The summed E-state index contributed by atoms with van der Waals surface area (Å²) in [5.74, 6) is 3.87. The summed E-state index contributed by atoms with van der Waals surface area (Å²) in [5, 5.41) is 58.8. The maximum atomic E-state index is 10.9. The molecule has 0 fully saturated rings. The average Bonchev–Trinajstić information content (AvgIpc) is 1.64. The minimum atomic E-state index is -0.0402. The van der Waals surface area contributed by atoms with Crippen LogP contribution in [0.15, 0.2) is 291 Å². The predicted molar refractivity (Wildman–Crippen MR) is 524 cm³/mol. The van der Waals surface area contributed by atoms with Crippen LogP contribution in [0, 0.1) is 111 Å². The summed E-state index contributed by atoms with van der Waals surface area (Å²) in [6.45, 7) is 26.2. The summed E-state index contributed by atoms with van der Waals surface area (Å²) in [5.41, 5.74) is 21.1. The summed E-state index contributed by atoms with van der Waals surface area (Å²) in [6, 6.07) is 97.9. The van der Waals surface area contributed by atoms with Crippen LogP contribution in [0.25, 0.3) is 99.1 Å². The number of fused-ring (bicyclic) bond motifs is 7. The Morgan fingerprint density at radius 3 is 1.02 bits per heavy atom. The molecule has 633 valence electrons. The van der Waals surface area contributed by atoms with Crippen LogP contribution < -0.4 is 0 Å². The second-order valence-corrected chi connectivity index (χ2v) is 28.4. The van der Waals surface area contributed by atoms with Crippen molar-refractivity contribution in [1.82, 2.24) is 0 Å². The molecule has 0 spiro atoms. The molecule has 15 rings (SSSR count). The van der Waals surface area contributed by atoms with Gasteiger partial charge < -0.3 is 137 Å². The van der Waals surface area contributed by atoms with Gasteiger partial charge in [-0.05, 0) is 153 Å². The molecule has 5 radical (unpaired) electrons. The molecular formula is C111H139O5Ti5. The molecule has 1 aliphatic carbocycles. The van der Waals surface area contributed by atoms with Gasteiger partial charge in [0.15, 0.2) is 0 Å². The summed E-state index contributed by atoms with van der Waals surface area (Å²) in [7, 11) is 0. The smallest absolute Gasteiger partial charge is 0.507 e. The second kappa shape index (κ2) is 60.9. The Morgan fingerprint density at radius 1 is 0.207 bits per heavy atom. The molecule has 10 heteroatoms. The molecule has 121 heavy (non-hydrogen) atoms. The zero-order valence-corrected chi connectivity index (χ0v) is 85.6. The molecule has 5 N–H and O–H groups in total. The summed E-state index contributed by atoms with van der Waals surface area (Å²) < 4.78 is 0. The molecule has 14 aromatic carbocycles. The van der Waals surface area contributed by atoms with Crippen LogP contribution >= 0.6 is 0 Å². The van der Waals surface area contributed by atoms with E-state index in [4.69, 9.17) is 0 Å². The number of hydrogen-bond acceptors (Lipinski definition) is 5. The number of phenolic OH excluding ortho intramolecular Hbond substituents is 5. The van der Waals surface area contributed by atoms with Crippen molar-refractivity contribution in [2.45, 2.75) is 118 Å². The number of rotatable bonds is 10. The van der Waals surface area contributed by atoms with E-state index < -0.39 is 0 Å². The topological polar surface area (TPSA) is 101 Å². The van der Waals surface area contributed by atoms with Crippen molar-refractivity contribution in [1.29, 1.82) is 0 Å². The molecule has 0 saturated carbocycles. The van der Waals surface area contributed by atoms with Crippen LogP contribution in [0.2, 0.25) is 0 Å². The SMILES string of the molecule is CC(C)c1ccc2c(c1)-c1ccc(-c3cccc(C(C)C)c3O)cc1C2(C)C.CC(C)c1cccc(-c2c(O)cc(C(C)C)c3ccccc23)c1.CC(C)c1cccc(-c2ccccc2)c1O.Oc1c(-c2ccccc2)c2ccccc2c2ccccc12.Oc1ccccc1-c1ccccc1.[CH3-].[CH3-].[CH3-].[CH3-].[CH3-].[CH3-].[CH3-].[CH3-].[CH3-].[CH3-].[CH3-].[CH3-].[CH3-].[CH3-].[CH3-].[Ti+3].[Ti+3].[Ti+3].[Ti+3].[Ti+3]. The van der Waals surface area contributed by atoms with E-state index in [9.17, 15) is 25.5 Å². The summed E-state index contributed by atoms with van der Waals surface area (Å²) in [4.78, 5) is 0. The van der Waals surface area contributed by atoms with Crippen molar-refractivity contribution in [3.05, 3.63) is 442 Å². The van der Waals surface area contributed by atoms with Gasteiger partial charge in [0, 0.05) is 38.6 Å². The molecule has 0 aromatic heterocycles. The van der Waals surface area contributed by atoms with Gasteiger partial charge >= 0.3 is 109 Å². The van der Waals surface area contributed by atoms with Gasteiger partial charge in [-0.2, -0.15) is 0 Å². The minimum absolute atomic E-state index is 0. The largest absolute Gasteiger partial charge is 3.00 e. The Balaban J connectivity index is -0.000000155. The van der Waals surface area contributed by atoms with Gasteiger partial charge in [0.05, 0.1) is 0 Å². The van der Waals surface area contributed by atoms with E-state index in [0.717, 1.165) is 88.3 Å². The quantitative estimate of drug-likeness (QED) is 0.0534. The van der Waals surface area contributed by atoms with Crippen LogP contribution in [0.3, 0.4) is 0 Å². The Bertz CT molecular complexity index is 5210. The first-order chi connectivity index (χ1) is 48.6. The van der Waals surface area contributed by atoms with Gasteiger partial charge in [0.1, 0.15) is 28.7 Å². The first kappa shape index (κ1) is 134. The fourth-order valence-corrected chi connectivity index (χ4v) is 14.0. The van der Waals surface area contributed by atoms with Crippen molar-refractivity contribution in [3.63, 3.8) is 0 Å². The van der Waals surface area contributed by atoms with E-state index in [1.165, 1.54) is 49.7 Å². The first-order valence-corrected chi connectivity index (χ1v) is 35.5. The van der Waals surface area contributed by atoms with Gasteiger partial charge in [-0.3, -0.25) is 0 Å². The molecule has 0 saturated heterocycles. The van der Waals surface area contributed by atoms with E-state index in [0.29, 0.717) is 58.3 Å². The van der Waals surface area contributed by atoms with Crippen molar-refractivity contribution < 1.29 is 134 Å². The fourth-order valence-electron chi connectivity index (χ4n) is 14.0. The third kappa shape index (κ3) is 30.4. The third-order valence-electron chi connectivity index (χ3n) is 19.6. The molecule has 0 unspecified atom stereocenters. The van der Waals surface area contributed by atoms with E-state index in [-0.39, 0.29) is 225 Å². The average molecular weight is 1790 g/mol. The Morgan fingerprint density at radius 2 is 0.562 bits per heavy atom. The number of hydrogen-bond donors (Lipinski definition) is 5. The van der Waals surface area contributed by atoms with Crippen LogP contribution in [-0.2, 0) is 114 Å². The van der Waals surface area contributed by atoms with Crippen molar-refractivity contribution >= 4 is 32.3 Å². The standard InChI is InChI=1S/C27H30O.C22H24O.C20H14O.C15H16O.C12H10O.15CH3.5Ti/c1-16(2)18-11-13-24-23(14-18)22-12-10-19(15-25(22)27(24,5)6)21-9-7-8-20(17(3)4)26(21)28;1-14(2)16-8-7-9-17(12-16)22-19-11-6-5-10-18(19)20(15(3)4)13-21(22)23;21-20-18-13-7-5-11-16(18)15-10-4-6-12-17(15)19(20)14-8-2-1-3-9-14;1-11(2)13-9-6-10-14(15(13)16)12-7-4-3-5-8-12;13-12-9-5-4-8-11(12)10-6-2-1-3-7-10;;;;;;;;;;;;;;;;;;;;/h7-17,28H,1-6H3;5-15,23H,1-4H3;1-13,21H;3-11,16H,1-2H3;1-9,13H;15*1H3;;;;;/q;;;;;15*-1;5*+3. The predicted octanol–water partition coefficient (Wildman–Crippen LogP) is 33.4. The van der Waals surface area contributed by atoms with E-state index in [1.54, 1.807) is 6.07 Å². The number of aromatic hydroxyl groups is 5. The van der Waals surface area contributed by atoms with Crippen LogP contribution in [0.4, 0.5) is 0 Å². The number of phenols is 5. The Hall–Kier alpha value is -7.57. The Kier molecular flexibility index (Phi) is 67.4. The van der Waals surface area contributed by atoms with E-state index >= 15 is 0 Å². The maximum Gasteiger partial charge on any atom is 3.00 e. The maximum absolute atomic E-state index is 10.9. The molecule has 0 bridgehead atoms. The van der Waals surface area contributed by atoms with E-state index in [1.807, 2.05) is 188 Å². The molecular weight excluding hydrogens is 1650 g/mol. The van der Waals surface area contributed by atoms with Gasteiger partial charge in [0.25, 0.3) is 0 Å². The summed E-state index contributed by atoms with van der Waals surface area (Å²) >= 11 is 0. The monoisotopic (exact) mass is 1790 g/mol. The fraction of sp³-hybridized carbons (Fsp3) is 0.162. The van der Waals surface area contributed by atoms with Crippen molar-refractivity contribution in [2.75, 3.05) is 0 Å². The first-order valence-electron chi connectivity index (χ1n) is 35.5. The Labute approximate surface area is 813 Å². The molecule has 5 nitrogen and oxygen atoms in total. The van der Waals surface area contributed by atoms with Gasteiger partial charge in [-0.15, -0.1) is 0 Å². The van der Waals surface area contributed by atoms with Crippen molar-refractivity contribution in [3.8, 4) is 95.5 Å². The summed E-state index contributed by atoms with van der Waals surface area (Å²) in [6.07, 6.45) is 0. The molecule has 0 atom stereocenters. The molecule has 1 aliphatic rings. The zero-order valence-electron chi connectivity index (χ0n) is 77.8. The van der Waals surface area contributed by atoms with Crippen LogP contribution in [0.1, 0.15) is 152 Å².